The summed E-state index contributed by atoms with van der Waals surface area (Å²) < 4.78 is 10.6. The Morgan fingerprint density at radius 2 is 1.77 bits per heavy atom. The molecule has 1 rings (SSSR count). The zero-order valence-electron chi connectivity index (χ0n) is 13.5. The summed E-state index contributed by atoms with van der Waals surface area (Å²) in [4.78, 5) is 4.91. The molecular formula is C15H24N2O5. The molecule has 1 aromatic carbocycles. The third-order valence-corrected chi connectivity index (χ3v) is 3.11. The summed E-state index contributed by atoms with van der Waals surface area (Å²) >= 11 is 0. The smallest absolute Gasteiger partial charge is 0.199 e. The van der Waals surface area contributed by atoms with E-state index in [2.05, 4.69) is 6.58 Å². The molecule has 2 atom stereocenters. The maximum atomic E-state index is 12.2. The average molecular weight is 312 g/mol. The Hall–Kier alpha value is -1.48. The summed E-state index contributed by atoms with van der Waals surface area (Å²) in [6, 6.07) is 6.75. The van der Waals surface area contributed by atoms with E-state index >= 15 is 0 Å². The second-order valence-electron chi connectivity index (χ2n) is 5.33. The van der Waals surface area contributed by atoms with E-state index in [1.165, 1.54) is 7.11 Å². The Kier molecular flexibility index (Phi) is 6.95. The van der Waals surface area contributed by atoms with Gasteiger partial charge >= 0.3 is 0 Å². The monoisotopic (exact) mass is 312 g/mol. The number of hydrogen-bond acceptors (Lipinski definition) is 5. The van der Waals surface area contributed by atoms with Gasteiger partial charge in [-0.2, -0.15) is 10.1 Å². The molecule has 0 heterocycles. The first kappa shape index (κ1) is 18.6. The summed E-state index contributed by atoms with van der Waals surface area (Å²) in [6.07, 6.45) is 0. The van der Waals surface area contributed by atoms with Crippen molar-refractivity contribution in [3.63, 3.8) is 0 Å². The lowest BCUT2D eigenvalue weighted by molar-refractivity contribution is -1.02. The van der Waals surface area contributed by atoms with Crippen LogP contribution in [0.4, 0.5) is 5.69 Å². The number of ether oxygens (including phenoxy) is 2. The van der Waals surface area contributed by atoms with E-state index in [1.807, 2.05) is 0 Å². The molecule has 0 saturated carbocycles. The van der Waals surface area contributed by atoms with Crippen LogP contribution in [0.5, 0.6) is 5.75 Å². The van der Waals surface area contributed by atoms with Gasteiger partial charge in [0.1, 0.15) is 30.3 Å². The van der Waals surface area contributed by atoms with Gasteiger partial charge < -0.3 is 25.0 Å². The lowest BCUT2D eigenvalue weighted by Crippen LogP contribution is -3.11. The molecule has 124 valence electrons. The number of methoxy groups -OCH3 is 1. The molecular weight excluding hydrogens is 288 g/mol. The van der Waals surface area contributed by atoms with Crippen LogP contribution in [-0.2, 0) is 9.57 Å². The zero-order valence-corrected chi connectivity index (χ0v) is 13.5. The quantitative estimate of drug-likeness (QED) is 0.389. The third-order valence-electron chi connectivity index (χ3n) is 3.11. The highest BCUT2D eigenvalue weighted by molar-refractivity contribution is 5.36. The molecule has 1 aromatic rings. The van der Waals surface area contributed by atoms with Crippen LogP contribution in [0.25, 0.3) is 0 Å². The molecule has 0 bridgehead atoms. The number of rotatable bonds is 9. The van der Waals surface area contributed by atoms with Crippen molar-refractivity contribution >= 4 is 5.69 Å². The van der Waals surface area contributed by atoms with Gasteiger partial charge in [0.15, 0.2) is 5.72 Å². The Bertz CT molecular complexity index is 475. The number of nitrogens with one attached hydrogen (secondary N) is 2. The van der Waals surface area contributed by atoms with Crippen LogP contribution in [0.15, 0.2) is 36.5 Å². The SMILES string of the molecule is C=C(C)[NH+]([O-])OCCOc1ccc([NH+]([O-])C(C)(C)OC)cc1. The second-order valence-corrected chi connectivity index (χ2v) is 5.33. The molecule has 7 nitrogen and oxygen atoms in total. The van der Waals surface area contributed by atoms with E-state index in [0.29, 0.717) is 17.1 Å². The molecule has 0 spiro atoms. The van der Waals surface area contributed by atoms with Crippen LogP contribution in [-0.4, -0.2) is 26.0 Å². The predicted octanol–water partition coefficient (Wildman–Crippen LogP) is 0.310. The van der Waals surface area contributed by atoms with Gasteiger partial charge in [-0.25, -0.2) is 0 Å². The van der Waals surface area contributed by atoms with Gasteiger partial charge in [0.2, 0.25) is 0 Å². The summed E-state index contributed by atoms with van der Waals surface area (Å²) in [5.74, 6) is 0.596. The lowest BCUT2D eigenvalue weighted by atomic mass is 10.2. The minimum atomic E-state index is -0.862. The van der Waals surface area contributed by atoms with Crippen molar-refractivity contribution in [1.82, 2.24) is 0 Å². The largest absolute Gasteiger partial charge is 0.627 e. The molecule has 0 fully saturated rings. The van der Waals surface area contributed by atoms with Crippen LogP contribution in [0.1, 0.15) is 20.8 Å². The number of quaternary nitrogens is 2. The summed E-state index contributed by atoms with van der Waals surface area (Å²) in [7, 11) is 1.50. The van der Waals surface area contributed by atoms with Gasteiger partial charge in [0, 0.05) is 40.0 Å². The van der Waals surface area contributed by atoms with E-state index in [4.69, 9.17) is 14.3 Å². The van der Waals surface area contributed by atoms with Crippen molar-refractivity contribution in [2.24, 2.45) is 0 Å². The Labute approximate surface area is 130 Å². The molecule has 0 aliphatic rings. The van der Waals surface area contributed by atoms with Crippen molar-refractivity contribution in [1.29, 1.82) is 0 Å². The maximum Gasteiger partial charge on any atom is 0.199 e. The number of hydrogen-bond donors (Lipinski definition) is 2. The van der Waals surface area contributed by atoms with E-state index in [0.717, 1.165) is 0 Å². The van der Waals surface area contributed by atoms with Crippen molar-refractivity contribution in [3.8, 4) is 5.75 Å². The fourth-order valence-electron chi connectivity index (χ4n) is 1.56. The molecule has 0 saturated heterocycles. The molecule has 22 heavy (non-hydrogen) atoms. The van der Waals surface area contributed by atoms with Gasteiger partial charge in [-0.05, 0) is 18.7 Å². The summed E-state index contributed by atoms with van der Waals surface area (Å²) in [5.41, 5.74) is 0.0376. The molecule has 7 heteroatoms. The number of hydroxylamine groups is 3. The van der Waals surface area contributed by atoms with Crippen LogP contribution in [0.3, 0.4) is 0 Å². The topological polar surface area (TPSA) is 82.7 Å². The van der Waals surface area contributed by atoms with Crippen LogP contribution >= 0.6 is 0 Å². The van der Waals surface area contributed by atoms with E-state index < -0.39 is 11.0 Å². The molecule has 0 radical (unpaired) electrons. The predicted molar refractivity (Wildman–Crippen MR) is 82.1 cm³/mol. The molecule has 0 aromatic heterocycles. The van der Waals surface area contributed by atoms with Gasteiger partial charge in [-0.15, -0.1) is 0 Å². The maximum absolute atomic E-state index is 12.2. The molecule has 0 aliphatic heterocycles. The van der Waals surface area contributed by atoms with Gasteiger partial charge in [0.05, 0.1) is 0 Å². The van der Waals surface area contributed by atoms with Crippen molar-refractivity contribution < 1.29 is 24.6 Å². The van der Waals surface area contributed by atoms with Gasteiger partial charge in [0.25, 0.3) is 0 Å². The fourth-order valence-corrected chi connectivity index (χ4v) is 1.56. The minimum Gasteiger partial charge on any atom is -0.627 e. The first-order valence-corrected chi connectivity index (χ1v) is 6.93. The Balaban J connectivity index is 2.47. The number of allylic oxidation sites excluding steroid dienone is 1. The Morgan fingerprint density at radius 1 is 1.18 bits per heavy atom. The van der Waals surface area contributed by atoms with Crippen LogP contribution < -0.4 is 15.0 Å². The van der Waals surface area contributed by atoms with Gasteiger partial charge in [-0.1, -0.05) is 0 Å². The normalized spacial score (nSPS) is 14.5. The zero-order chi connectivity index (χ0) is 16.8. The second kappa shape index (κ2) is 8.23. The van der Waals surface area contributed by atoms with Crippen molar-refractivity contribution in [3.05, 3.63) is 47.0 Å². The van der Waals surface area contributed by atoms with E-state index in [1.54, 1.807) is 45.0 Å². The molecule has 0 amide bonds. The fraction of sp³-hybridized carbons (Fsp3) is 0.467. The van der Waals surface area contributed by atoms with Crippen LogP contribution in [0, 0.1) is 10.4 Å². The highest BCUT2D eigenvalue weighted by atomic mass is 16.9. The first-order valence-electron chi connectivity index (χ1n) is 6.93. The van der Waals surface area contributed by atoms with E-state index in [9.17, 15) is 10.4 Å². The standard InChI is InChI=1S/C15H24N2O5/c1-12(2)17(19)22-11-10-21-14-8-6-13(7-9-14)16(18)15(3,4)20-5/h6-9,16-17H,1,10-11H2,2-5H3. The third kappa shape index (κ3) is 5.38. The van der Waals surface area contributed by atoms with Gasteiger partial charge in [-0.3, -0.25) is 0 Å². The molecule has 2 unspecified atom stereocenters. The van der Waals surface area contributed by atoms with Crippen molar-refractivity contribution in [2.45, 2.75) is 26.5 Å². The molecule has 2 N–H and O–H groups in total. The van der Waals surface area contributed by atoms with E-state index in [-0.39, 0.29) is 18.3 Å². The lowest BCUT2D eigenvalue weighted by Gasteiger charge is -2.36. The summed E-state index contributed by atoms with van der Waals surface area (Å²) in [5, 5.41) is 22.8. The highest BCUT2D eigenvalue weighted by Crippen LogP contribution is 2.14. The van der Waals surface area contributed by atoms with Crippen molar-refractivity contribution in [2.75, 3.05) is 20.3 Å². The summed E-state index contributed by atoms with van der Waals surface area (Å²) in [6.45, 7) is 8.88. The molecule has 0 aliphatic carbocycles. The number of benzene rings is 1. The van der Waals surface area contributed by atoms with Crippen LogP contribution in [0.2, 0.25) is 0 Å². The Morgan fingerprint density at radius 3 is 2.27 bits per heavy atom. The minimum absolute atomic E-state index is 0.100. The highest BCUT2D eigenvalue weighted by Gasteiger charge is 2.25. The average Bonchev–Trinajstić information content (AvgIpc) is 2.51. The first-order chi connectivity index (χ1) is 10.3.